The van der Waals surface area contributed by atoms with Gasteiger partial charge in [0, 0.05) is 5.69 Å². The van der Waals surface area contributed by atoms with Crippen LogP contribution in [0.15, 0.2) is 60.7 Å². The number of nitrogens with one attached hydrogen (secondary N) is 1. The Bertz CT molecular complexity index is 1360. The summed E-state index contributed by atoms with van der Waals surface area (Å²) in [6.45, 7) is 14.5. The Balaban J connectivity index is 1.51. The van der Waals surface area contributed by atoms with Crippen LogP contribution in [-0.4, -0.2) is 33.1 Å². The van der Waals surface area contributed by atoms with E-state index in [0.717, 1.165) is 22.5 Å². The molecule has 0 atom stereocenters. The molecule has 1 amide bonds. The van der Waals surface area contributed by atoms with E-state index < -0.39 is 5.60 Å². The average molecular weight is 487 g/mol. The van der Waals surface area contributed by atoms with E-state index in [9.17, 15) is 4.79 Å². The predicted octanol–water partition coefficient (Wildman–Crippen LogP) is 6.22. The van der Waals surface area contributed by atoms with E-state index in [2.05, 4.69) is 36.3 Å². The number of anilines is 1. The van der Waals surface area contributed by atoms with Crippen LogP contribution in [0.25, 0.3) is 16.7 Å². The molecular formula is C29H34N4O3. The first-order chi connectivity index (χ1) is 17.0. The fourth-order valence-electron chi connectivity index (χ4n) is 3.80. The molecule has 0 aliphatic rings. The zero-order valence-electron chi connectivity index (χ0n) is 22.0. The van der Waals surface area contributed by atoms with E-state index in [1.165, 1.54) is 5.56 Å². The number of aryl methyl sites for hydroxylation is 1. The van der Waals surface area contributed by atoms with Crippen LogP contribution in [0.3, 0.4) is 0 Å². The van der Waals surface area contributed by atoms with Gasteiger partial charge in [-0.05, 0) is 92.8 Å². The molecule has 0 spiro atoms. The Labute approximate surface area is 212 Å². The van der Waals surface area contributed by atoms with Crippen molar-refractivity contribution < 1.29 is 14.3 Å². The number of rotatable bonds is 7. The molecular weight excluding hydrogens is 452 g/mol. The monoisotopic (exact) mass is 486 g/mol. The van der Waals surface area contributed by atoms with Crippen LogP contribution >= 0.6 is 0 Å². The molecule has 0 aliphatic carbocycles. The van der Waals surface area contributed by atoms with Crippen molar-refractivity contribution in [2.24, 2.45) is 0 Å². The second kappa shape index (κ2) is 9.64. The van der Waals surface area contributed by atoms with Crippen LogP contribution in [0, 0.1) is 6.92 Å². The summed E-state index contributed by atoms with van der Waals surface area (Å²) in [6, 6.07) is 19.3. The molecule has 3 aromatic carbocycles. The fraction of sp³-hybridized carbons (Fsp3) is 0.345. The van der Waals surface area contributed by atoms with Gasteiger partial charge in [0.1, 0.15) is 22.5 Å². The van der Waals surface area contributed by atoms with Crippen molar-refractivity contribution in [2.75, 3.05) is 11.9 Å². The summed E-state index contributed by atoms with van der Waals surface area (Å²) >= 11 is 0. The Morgan fingerprint density at radius 2 is 1.47 bits per heavy atom. The van der Waals surface area contributed by atoms with Gasteiger partial charge in [-0.2, -0.15) is 4.80 Å². The topological polar surface area (TPSA) is 78.3 Å². The molecule has 188 valence electrons. The maximum Gasteiger partial charge on any atom is 0.267 e. The van der Waals surface area contributed by atoms with Crippen LogP contribution in [-0.2, 0) is 10.2 Å². The molecule has 4 aromatic rings. The summed E-state index contributed by atoms with van der Waals surface area (Å²) in [5.74, 6) is 1.20. The van der Waals surface area contributed by atoms with Crippen molar-refractivity contribution >= 4 is 22.6 Å². The highest BCUT2D eigenvalue weighted by molar-refractivity contribution is 5.99. The Morgan fingerprint density at radius 1 is 0.889 bits per heavy atom. The van der Waals surface area contributed by atoms with E-state index in [1.807, 2.05) is 74.5 Å². The Kier molecular flexibility index (Phi) is 6.76. The maximum atomic E-state index is 13.2. The van der Waals surface area contributed by atoms with Crippen molar-refractivity contribution in [1.29, 1.82) is 0 Å². The predicted molar refractivity (Wildman–Crippen MR) is 143 cm³/mol. The number of hydrogen-bond donors (Lipinski definition) is 1. The third kappa shape index (κ3) is 5.51. The number of nitrogens with zero attached hydrogens (tertiary/aromatic N) is 3. The minimum Gasteiger partial charge on any atom is -0.494 e. The summed E-state index contributed by atoms with van der Waals surface area (Å²) in [5, 5.41) is 12.2. The SMILES string of the molecule is CCOc1ccc(-n2nc3cc(C)c(NC(=O)C(C)(C)Oc4ccc(C(C)(C)C)cc4)cc3n2)cc1. The highest BCUT2D eigenvalue weighted by atomic mass is 16.5. The summed E-state index contributed by atoms with van der Waals surface area (Å²) in [5.41, 5.74) is 3.99. The normalized spacial score (nSPS) is 12.0. The van der Waals surface area contributed by atoms with E-state index in [4.69, 9.17) is 9.47 Å². The second-order valence-electron chi connectivity index (χ2n) is 10.4. The average Bonchev–Trinajstić information content (AvgIpc) is 3.22. The minimum absolute atomic E-state index is 0.0519. The quantitative estimate of drug-likeness (QED) is 0.335. The van der Waals surface area contributed by atoms with Crippen molar-refractivity contribution in [2.45, 2.75) is 59.5 Å². The van der Waals surface area contributed by atoms with Gasteiger partial charge < -0.3 is 14.8 Å². The highest BCUT2D eigenvalue weighted by Crippen LogP contribution is 2.28. The highest BCUT2D eigenvalue weighted by Gasteiger charge is 2.31. The molecule has 0 fully saturated rings. The number of ether oxygens (including phenoxy) is 2. The van der Waals surface area contributed by atoms with Gasteiger partial charge in [0.05, 0.1) is 12.3 Å². The van der Waals surface area contributed by atoms with Gasteiger partial charge in [-0.15, -0.1) is 10.2 Å². The van der Waals surface area contributed by atoms with Gasteiger partial charge in [0.15, 0.2) is 5.60 Å². The number of amides is 1. The van der Waals surface area contributed by atoms with E-state index in [1.54, 1.807) is 18.6 Å². The Morgan fingerprint density at radius 3 is 2.06 bits per heavy atom. The Hall–Kier alpha value is -3.87. The summed E-state index contributed by atoms with van der Waals surface area (Å²) < 4.78 is 11.6. The zero-order chi connectivity index (χ0) is 26.1. The molecule has 1 N–H and O–H groups in total. The second-order valence-corrected chi connectivity index (χ2v) is 10.4. The molecule has 0 aliphatic heterocycles. The molecule has 0 radical (unpaired) electrons. The van der Waals surface area contributed by atoms with Crippen molar-refractivity contribution in [1.82, 2.24) is 15.0 Å². The number of carbonyl (C=O) groups excluding carboxylic acids is 1. The van der Waals surface area contributed by atoms with E-state index >= 15 is 0 Å². The first kappa shape index (κ1) is 25.2. The third-order valence-electron chi connectivity index (χ3n) is 5.99. The lowest BCUT2D eigenvalue weighted by Gasteiger charge is -2.26. The molecule has 0 saturated heterocycles. The maximum absolute atomic E-state index is 13.2. The fourth-order valence-corrected chi connectivity index (χ4v) is 3.80. The number of hydrogen-bond acceptors (Lipinski definition) is 5. The van der Waals surface area contributed by atoms with E-state index in [-0.39, 0.29) is 11.3 Å². The first-order valence-corrected chi connectivity index (χ1v) is 12.2. The molecule has 1 aromatic heterocycles. The molecule has 7 heteroatoms. The van der Waals surface area contributed by atoms with Crippen molar-refractivity contribution in [3.05, 3.63) is 71.8 Å². The van der Waals surface area contributed by atoms with Crippen molar-refractivity contribution in [3.8, 4) is 17.2 Å². The molecule has 7 nitrogen and oxygen atoms in total. The lowest BCUT2D eigenvalue weighted by Crippen LogP contribution is -2.42. The van der Waals surface area contributed by atoms with Gasteiger partial charge >= 0.3 is 0 Å². The zero-order valence-corrected chi connectivity index (χ0v) is 22.0. The molecule has 1 heterocycles. The number of benzene rings is 3. The van der Waals surface area contributed by atoms with Gasteiger partial charge in [0.25, 0.3) is 5.91 Å². The number of carbonyl (C=O) groups is 1. The van der Waals surface area contributed by atoms with Crippen molar-refractivity contribution in [3.63, 3.8) is 0 Å². The molecule has 0 unspecified atom stereocenters. The lowest BCUT2D eigenvalue weighted by atomic mass is 9.87. The largest absolute Gasteiger partial charge is 0.494 e. The summed E-state index contributed by atoms with van der Waals surface area (Å²) in [4.78, 5) is 14.8. The van der Waals surface area contributed by atoms with Crippen LogP contribution in [0.2, 0.25) is 0 Å². The van der Waals surface area contributed by atoms with E-state index in [0.29, 0.717) is 23.6 Å². The molecule has 4 rings (SSSR count). The number of aromatic nitrogens is 3. The lowest BCUT2D eigenvalue weighted by molar-refractivity contribution is -0.128. The number of fused-ring (bicyclic) bond motifs is 1. The van der Waals surface area contributed by atoms with Crippen LogP contribution < -0.4 is 14.8 Å². The van der Waals surface area contributed by atoms with Crippen LogP contribution in [0.5, 0.6) is 11.5 Å². The molecule has 0 bridgehead atoms. The third-order valence-corrected chi connectivity index (χ3v) is 5.99. The molecule has 36 heavy (non-hydrogen) atoms. The molecule has 0 saturated carbocycles. The van der Waals surface area contributed by atoms with Gasteiger partial charge in [-0.25, -0.2) is 0 Å². The first-order valence-electron chi connectivity index (χ1n) is 12.2. The summed E-state index contributed by atoms with van der Waals surface area (Å²) in [6.07, 6.45) is 0. The smallest absolute Gasteiger partial charge is 0.267 e. The van der Waals surface area contributed by atoms with Crippen LogP contribution in [0.4, 0.5) is 5.69 Å². The van der Waals surface area contributed by atoms with Crippen LogP contribution in [0.1, 0.15) is 52.7 Å². The van der Waals surface area contributed by atoms with Gasteiger partial charge in [0.2, 0.25) is 0 Å². The van der Waals surface area contributed by atoms with Gasteiger partial charge in [-0.3, -0.25) is 4.79 Å². The standard InChI is InChI=1S/C29H34N4O3/c1-8-35-22-15-11-21(12-16-22)33-31-25-17-19(2)24(18-26(25)32-33)30-27(34)29(6,7)36-23-13-9-20(10-14-23)28(3,4)5/h9-18H,8H2,1-7H3,(H,30,34). The summed E-state index contributed by atoms with van der Waals surface area (Å²) in [7, 11) is 0. The van der Waals surface area contributed by atoms with Gasteiger partial charge in [-0.1, -0.05) is 32.9 Å². The minimum atomic E-state index is -1.08.